The van der Waals surface area contributed by atoms with E-state index in [2.05, 4.69) is 15.2 Å². The highest BCUT2D eigenvalue weighted by atomic mass is 19.3. The summed E-state index contributed by atoms with van der Waals surface area (Å²) in [5.41, 5.74) is 1.40. The van der Waals surface area contributed by atoms with Crippen molar-refractivity contribution in [2.45, 2.75) is 13.5 Å². The molecule has 0 aliphatic heterocycles. The summed E-state index contributed by atoms with van der Waals surface area (Å²) in [6.45, 7) is -1.57. The molecule has 29 heavy (non-hydrogen) atoms. The number of halogens is 2. The number of ether oxygens (including phenoxy) is 3. The number of nitrogens with one attached hydrogen (secondary N) is 1. The van der Waals surface area contributed by atoms with Gasteiger partial charge in [-0.2, -0.15) is 8.78 Å². The molecular weight excluding hydrogens is 386 g/mol. The summed E-state index contributed by atoms with van der Waals surface area (Å²) in [6.07, 6.45) is 0. The molecule has 9 heteroatoms. The molecule has 0 radical (unpaired) electrons. The number of aromatic nitrogens is 1. The zero-order valence-corrected chi connectivity index (χ0v) is 15.6. The van der Waals surface area contributed by atoms with Crippen molar-refractivity contribution in [2.24, 2.45) is 0 Å². The van der Waals surface area contributed by atoms with Crippen LogP contribution < -0.4 is 19.5 Å². The first-order valence-electron chi connectivity index (χ1n) is 8.54. The van der Waals surface area contributed by atoms with Crippen molar-refractivity contribution in [1.29, 1.82) is 0 Å². The first-order chi connectivity index (χ1) is 13.9. The van der Waals surface area contributed by atoms with Crippen LogP contribution in [-0.4, -0.2) is 31.4 Å². The quantitative estimate of drug-likeness (QED) is 0.604. The van der Waals surface area contributed by atoms with E-state index in [0.29, 0.717) is 28.3 Å². The highest BCUT2D eigenvalue weighted by Gasteiger charge is 2.14. The van der Waals surface area contributed by atoms with Crippen molar-refractivity contribution < 1.29 is 32.3 Å². The van der Waals surface area contributed by atoms with E-state index in [9.17, 15) is 13.6 Å². The number of benzene rings is 2. The Hall–Kier alpha value is -3.62. The Morgan fingerprint density at radius 3 is 2.55 bits per heavy atom. The van der Waals surface area contributed by atoms with Crippen LogP contribution in [0.15, 0.2) is 53.1 Å². The molecule has 0 atom stereocenters. The Morgan fingerprint density at radius 2 is 1.93 bits per heavy atom. The van der Waals surface area contributed by atoms with Gasteiger partial charge in [0.15, 0.2) is 6.61 Å². The fourth-order valence-electron chi connectivity index (χ4n) is 2.55. The van der Waals surface area contributed by atoms with E-state index in [4.69, 9.17) is 14.0 Å². The molecule has 3 rings (SSSR count). The lowest BCUT2D eigenvalue weighted by molar-refractivity contribution is -0.118. The molecular formula is C20H18F2N2O5. The normalized spacial score (nSPS) is 10.7. The number of alkyl halides is 2. The van der Waals surface area contributed by atoms with Crippen molar-refractivity contribution in [1.82, 2.24) is 5.16 Å². The number of rotatable bonds is 8. The van der Waals surface area contributed by atoms with Crippen LogP contribution in [-0.2, 0) is 4.79 Å². The Morgan fingerprint density at radius 1 is 1.17 bits per heavy atom. The molecule has 1 N–H and O–H groups in total. The molecule has 0 aliphatic rings. The number of anilines is 1. The van der Waals surface area contributed by atoms with Gasteiger partial charge in [0.1, 0.15) is 17.3 Å². The van der Waals surface area contributed by atoms with Crippen LogP contribution in [0.3, 0.4) is 0 Å². The van der Waals surface area contributed by atoms with E-state index >= 15 is 0 Å². The number of hydrogen-bond acceptors (Lipinski definition) is 6. The minimum atomic E-state index is -2.98. The second-order valence-electron chi connectivity index (χ2n) is 5.93. The van der Waals surface area contributed by atoms with Crippen molar-refractivity contribution in [3.8, 4) is 28.5 Å². The number of carbonyl (C=O) groups excluding carboxylic acids is 1. The SMILES string of the molecule is COc1ccc(-c2cc(NC(=O)COc3cc(C)on3)ccc2OC(F)F)cc1. The Bertz CT molecular complexity index is 973. The zero-order chi connectivity index (χ0) is 20.8. The topological polar surface area (TPSA) is 82.8 Å². The summed E-state index contributed by atoms with van der Waals surface area (Å²) in [5, 5.41) is 6.27. The maximum Gasteiger partial charge on any atom is 0.387 e. The molecule has 7 nitrogen and oxygen atoms in total. The molecule has 3 aromatic rings. The van der Waals surface area contributed by atoms with Crippen LogP contribution >= 0.6 is 0 Å². The number of aryl methyl sites for hydroxylation is 1. The van der Waals surface area contributed by atoms with Crippen LogP contribution in [0.25, 0.3) is 11.1 Å². The first-order valence-corrected chi connectivity index (χ1v) is 8.54. The van der Waals surface area contributed by atoms with Crippen molar-refractivity contribution in [3.05, 3.63) is 54.3 Å². The third-order valence-corrected chi connectivity index (χ3v) is 3.84. The minimum Gasteiger partial charge on any atom is -0.497 e. The minimum absolute atomic E-state index is 0.0162. The van der Waals surface area contributed by atoms with Gasteiger partial charge in [-0.3, -0.25) is 4.79 Å². The van der Waals surface area contributed by atoms with Gasteiger partial charge in [-0.1, -0.05) is 12.1 Å². The maximum absolute atomic E-state index is 12.8. The molecule has 1 aromatic heterocycles. The third kappa shape index (κ3) is 5.44. The summed E-state index contributed by atoms with van der Waals surface area (Å²) in [7, 11) is 1.53. The van der Waals surface area contributed by atoms with E-state index in [1.807, 2.05) is 0 Å². The smallest absolute Gasteiger partial charge is 0.387 e. The molecule has 0 bridgehead atoms. The second-order valence-corrected chi connectivity index (χ2v) is 5.93. The van der Waals surface area contributed by atoms with Crippen LogP contribution in [0, 0.1) is 6.92 Å². The van der Waals surface area contributed by atoms with Crippen LogP contribution in [0.4, 0.5) is 14.5 Å². The fourth-order valence-corrected chi connectivity index (χ4v) is 2.55. The highest BCUT2D eigenvalue weighted by molar-refractivity contribution is 5.93. The molecule has 0 saturated carbocycles. The lowest BCUT2D eigenvalue weighted by atomic mass is 10.0. The lowest BCUT2D eigenvalue weighted by Gasteiger charge is -2.14. The van der Waals surface area contributed by atoms with E-state index < -0.39 is 12.5 Å². The standard InChI is InChI=1S/C20H18F2N2O5/c1-12-9-19(24-29-12)27-11-18(25)23-14-5-8-17(28-20(21)22)16(10-14)13-3-6-15(26-2)7-4-13/h3-10,20H,11H2,1-2H3,(H,23,25). The summed E-state index contributed by atoms with van der Waals surface area (Å²) in [5.74, 6) is 0.901. The van der Waals surface area contributed by atoms with Gasteiger partial charge in [-0.25, -0.2) is 0 Å². The van der Waals surface area contributed by atoms with Gasteiger partial charge in [0, 0.05) is 17.3 Å². The van der Waals surface area contributed by atoms with Gasteiger partial charge in [0.2, 0.25) is 0 Å². The van der Waals surface area contributed by atoms with Gasteiger partial charge in [-0.05, 0) is 48.0 Å². The van der Waals surface area contributed by atoms with E-state index in [-0.39, 0.29) is 18.2 Å². The highest BCUT2D eigenvalue weighted by Crippen LogP contribution is 2.34. The predicted molar refractivity (Wildman–Crippen MR) is 100 cm³/mol. The van der Waals surface area contributed by atoms with Crippen LogP contribution in [0.1, 0.15) is 5.76 Å². The average Bonchev–Trinajstić information content (AvgIpc) is 3.12. The van der Waals surface area contributed by atoms with Crippen molar-refractivity contribution >= 4 is 11.6 Å². The molecule has 1 amide bonds. The Balaban J connectivity index is 1.77. The fraction of sp³-hybridized carbons (Fsp3) is 0.200. The maximum atomic E-state index is 12.8. The molecule has 0 fully saturated rings. The van der Waals surface area contributed by atoms with Crippen LogP contribution in [0.2, 0.25) is 0 Å². The molecule has 2 aromatic carbocycles. The summed E-state index contributed by atoms with van der Waals surface area (Å²) >= 11 is 0. The number of methoxy groups -OCH3 is 1. The second kappa shape index (κ2) is 9.05. The predicted octanol–water partition coefficient (Wildman–Crippen LogP) is 4.28. The largest absolute Gasteiger partial charge is 0.497 e. The summed E-state index contributed by atoms with van der Waals surface area (Å²) < 4.78 is 45.3. The van der Waals surface area contributed by atoms with Gasteiger partial charge in [-0.15, -0.1) is 0 Å². The number of hydrogen-bond donors (Lipinski definition) is 1. The number of amides is 1. The van der Waals surface area contributed by atoms with E-state index in [0.717, 1.165) is 0 Å². The lowest BCUT2D eigenvalue weighted by Crippen LogP contribution is -2.20. The van der Waals surface area contributed by atoms with Gasteiger partial charge >= 0.3 is 6.61 Å². The molecule has 1 heterocycles. The van der Waals surface area contributed by atoms with Crippen molar-refractivity contribution in [2.75, 3.05) is 19.0 Å². The molecule has 0 aliphatic carbocycles. The average molecular weight is 404 g/mol. The number of nitrogens with zero attached hydrogens (tertiary/aromatic N) is 1. The Labute approximate surface area is 165 Å². The third-order valence-electron chi connectivity index (χ3n) is 3.84. The van der Waals surface area contributed by atoms with Gasteiger partial charge < -0.3 is 24.1 Å². The summed E-state index contributed by atoms with van der Waals surface area (Å²) in [6, 6.07) is 12.7. The zero-order valence-electron chi connectivity index (χ0n) is 15.6. The molecule has 0 saturated heterocycles. The molecule has 0 unspecified atom stereocenters. The summed E-state index contributed by atoms with van der Waals surface area (Å²) in [4.78, 5) is 12.1. The van der Waals surface area contributed by atoms with E-state index in [1.54, 1.807) is 37.3 Å². The van der Waals surface area contributed by atoms with Gasteiger partial charge in [0.25, 0.3) is 11.8 Å². The van der Waals surface area contributed by atoms with Gasteiger partial charge in [0.05, 0.1) is 7.11 Å². The van der Waals surface area contributed by atoms with Crippen LogP contribution in [0.5, 0.6) is 17.4 Å². The monoisotopic (exact) mass is 404 g/mol. The molecule has 152 valence electrons. The number of carbonyl (C=O) groups is 1. The Kier molecular flexibility index (Phi) is 6.28. The van der Waals surface area contributed by atoms with E-state index in [1.165, 1.54) is 25.3 Å². The first kappa shape index (κ1) is 20.1. The van der Waals surface area contributed by atoms with Crippen molar-refractivity contribution in [3.63, 3.8) is 0 Å². The molecule has 0 spiro atoms.